The molecular formula is C20H22N2O3. The molecule has 0 atom stereocenters. The molecule has 3 aromatic rings. The van der Waals surface area contributed by atoms with Crippen LogP contribution in [0.5, 0.6) is 5.75 Å². The molecular weight excluding hydrogens is 316 g/mol. The Labute approximate surface area is 146 Å². The average molecular weight is 338 g/mol. The number of nitrogens with one attached hydrogen (secondary N) is 2. The molecule has 0 unspecified atom stereocenters. The van der Waals surface area contributed by atoms with E-state index >= 15 is 0 Å². The Morgan fingerprint density at radius 1 is 1.20 bits per heavy atom. The maximum atomic E-state index is 12.7. The van der Waals surface area contributed by atoms with Crippen LogP contribution in [0.15, 0.2) is 36.4 Å². The summed E-state index contributed by atoms with van der Waals surface area (Å²) < 4.78 is 5.46. The number of aliphatic hydroxyl groups is 1. The summed E-state index contributed by atoms with van der Waals surface area (Å²) >= 11 is 0. The predicted molar refractivity (Wildman–Crippen MR) is 99.3 cm³/mol. The largest absolute Gasteiger partial charge is 0.494 e. The van der Waals surface area contributed by atoms with Crippen LogP contribution in [0.2, 0.25) is 0 Å². The molecule has 0 aliphatic heterocycles. The fourth-order valence-corrected chi connectivity index (χ4v) is 2.94. The number of fused-ring (bicyclic) bond motifs is 1. The molecule has 3 N–H and O–H groups in total. The van der Waals surface area contributed by atoms with Crippen LogP contribution >= 0.6 is 0 Å². The van der Waals surface area contributed by atoms with Gasteiger partial charge in [-0.15, -0.1) is 0 Å². The van der Waals surface area contributed by atoms with Crippen LogP contribution in [0.4, 0.5) is 5.69 Å². The lowest BCUT2D eigenvalue weighted by Crippen LogP contribution is -2.14. The van der Waals surface area contributed by atoms with Crippen LogP contribution in [0.25, 0.3) is 10.9 Å². The van der Waals surface area contributed by atoms with Crippen LogP contribution in [0.3, 0.4) is 0 Å². The number of carbonyl (C=O) groups excluding carboxylic acids is 1. The van der Waals surface area contributed by atoms with Crippen LogP contribution in [-0.4, -0.2) is 22.6 Å². The van der Waals surface area contributed by atoms with Crippen LogP contribution in [-0.2, 0) is 6.61 Å². The van der Waals surface area contributed by atoms with Crippen LogP contribution in [0.1, 0.15) is 34.1 Å². The first-order chi connectivity index (χ1) is 12.0. The van der Waals surface area contributed by atoms with Gasteiger partial charge in [0.2, 0.25) is 0 Å². The summed E-state index contributed by atoms with van der Waals surface area (Å²) in [5.74, 6) is 0.416. The number of aryl methyl sites for hydroxylation is 2. The molecule has 1 heterocycles. The van der Waals surface area contributed by atoms with Crippen molar-refractivity contribution in [3.05, 3.63) is 58.8 Å². The molecule has 130 valence electrons. The van der Waals surface area contributed by atoms with Gasteiger partial charge in [0.1, 0.15) is 11.4 Å². The lowest BCUT2D eigenvalue weighted by atomic mass is 10.1. The number of ether oxygens (including phenoxy) is 1. The Hall–Kier alpha value is -2.79. The number of carbonyl (C=O) groups is 1. The first-order valence-electron chi connectivity index (χ1n) is 8.30. The summed E-state index contributed by atoms with van der Waals surface area (Å²) in [6.07, 6.45) is 0. The minimum Gasteiger partial charge on any atom is -0.494 e. The lowest BCUT2D eigenvalue weighted by Gasteiger charge is -2.11. The second-order valence-corrected chi connectivity index (χ2v) is 6.04. The van der Waals surface area contributed by atoms with E-state index in [1.807, 2.05) is 32.9 Å². The van der Waals surface area contributed by atoms with Crippen molar-refractivity contribution in [1.82, 2.24) is 4.98 Å². The number of anilines is 1. The molecule has 2 aromatic carbocycles. The third-order valence-corrected chi connectivity index (χ3v) is 4.23. The number of amides is 1. The molecule has 0 aliphatic rings. The molecule has 1 amide bonds. The number of rotatable bonds is 5. The Morgan fingerprint density at radius 2 is 2.00 bits per heavy atom. The molecule has 5 heteroatoms. The summed E-state index contributed by atoms with van der Waals surface area (Å²) in [6.45, 7) is 6.22. The highest BCUT2D eigenvalue weighted by atomic mass is 16.5. The smallest absolute Gasteiger partial charge is 0.272 e. The minimum atomic E-state index is -0.209. The van der Waals surface area contributed by atoms with E-state index in [0.717, 1.165) is 22.0 Å². The number of hydrogen-bond donors (Lipinski definition) is 3. The van der Waals surface area contributed by atoms with Crippen molar-refractivity contribution >= 4 is 22.5 Å². The zero-order chi connectivity index (χ0) is 18.0. The molecule has 25 heavy (non-hydrogen) atoms. The Balaban J connectivity index is 1.88. The number of benzene rings is 2. The van der Waals surface area contributed by atoms with Gasteiger partial charge in [0.15, 0.2) is 0 Å². The fourth-order valence-electron chi connectivity index (χ4n) is 2.94. The van der Waals surface area contributed by atoms with E-state index in [0.29, 0.717) is 29.3 Å². The molecule has 0 aliphatic carbocycles. The van der Waals surface area contributed by atoms with Gasteiger partial charge in [-0.3, -0.25) is 4.79 Å². The Kier molecular flexibility index (Phi) is 4.76. The number of aromatic amines is 1. The highest BCUT2D eigenvalue weighted by molar-refractivity contribution is 6.07. The summed E-state index contributed by atoms with van der Waals surface area (Å²) in [4.78, 5) is 15.8. The summed E-state index contributed by atoms with van der Waals surface area (Å²) in [5.41, 5.74) is 4.82. The molecule has 5 nitrogen and oxygen atoms in total. The van der Waals surface area contributed by atoms with Gasteiger partial charge in [-0.2, -0.15) is 0 Å². The zero-order valence-electron chi connectivity index (χ0n) is 14.6. The van der Waals surface area contributed by atoms with Crippen molar-refractivity contribution in [3.63, 3.8) is 0 Å². The zero-order valence-corrected chi connectivity index (χ0v) is 14.6. The van der Waals surface area contributed by atoms with Gasteiger partial charge in [0.25, 0.3) is 5.91 Å². The molecule has 0 spiro atoms. The van der Waals surface area contributed by atoms with Gasteiger partial charge in [-0.25, -0.2) is 0 Å². The van der Waals surface area contributed by atoms with Gasteiger partial charge in [0.05, 0.1) is 13.2 Å². The van der Waals surface area contributed by atoms with Crippen molar-refractivity contribution in [2.24, 2.45) is 0 Å². The van der Waals surface area contributed by atoms with Crippen LogP contribution < -0.4 is 10.1 Å². The van der Waals surface area contributed by atoms with Crippen molar-refractivity contribution in [2.45, 2.75) is 27.4 Å². The lowest BCUT2D eigenvalue weighted by molar-refractivity contribution is 0.102. The minimum absolute atomic E-state index is 0.149. The molecule has 0 saturated heterocycles. The maximum absolute atomic E-state index is 12.7. The van der Waals surface area contributed by atoms with Crippen molar-refractivity contribution in [3.8, 4) is 5.75 Å². The average Bonchev–Trinajstić information content (AvgIpc) is 2.93. The van der Waals surface area contributed by atoms with Gasteiger partial charge >= 0.3 is 0 Å². The molecule has 0 radical (unpaired) electrons. The third-order valence-electron chi connectivity index (χ3n) is 4.23. The molecule has 3 rings (SSSR count). The maximum Gasteiger partial charge on any atom is 0.272 e. The number of hydrogen-bond acceptors (Lipinski definition) is 3. The van der Waals surface area contributed by atoms with Gasteiger partial charge < -0.3 is 20.1 Å². The Bertz CT molecular complexity index is 928. The monoisotopic (exact) mass is 338 g/mol. The number of H-pyrrole nitrogens is 1. The predicted octanol–water partition coefficient (Wildman–Crippen LogP) is 3.93. The van der Waals surface area contributed by atoms with E-state index in [1.165, 1.54) is 0 Å². The number of aromatic nitrogens is 1. The summed E-state index contributed by atoms with van der Waals surface area (Å²) in [6, 6.07) is 11.3. The van der Waals surface area contributed by atoms with E-state index < -0.39 is 0 Å². The first kappa shape index (κ1) is 17.0. The molecule has 1 aromatic heterocycles. The second-order valence-electron chi connectivity index (χ2n) is 6.04. The highest BCUT2D eigenvalue weighted by Gasteiger charge is 2.15. The Morgan fingerprint density at radius 3 is 2.72 bits per heavy atom. The third kappa shape index (κ3) is 3.37. The summed E-state index contributed by atoms with van der Waals surface area (Å²) in [5, 5.41) is 13.4. The summed E-state index contributed by atoms with van der Waals surface area (Å²) in [7, 11) is 0. The van der Waals surface area contributed by atoms with Gasteiger partial charge in [0, 0.05) is 22.2 Å². The van der Waals surface area contributed by atoms with Crippen LogP contribution in [0, 0.1) is 13.8 Å². The van der Waals surface area contributed by atoms with Crippen molar-refractivity contribution in [2.75, 3.05) is 11.9 Å². The van der Waals surface area contributed by atoms with E-state index in [9.17, 15) is 9.90 Å². The van der Waals surface area contributed by atoms with Gasteiger partial charge in [-0.05, 0) is 56.7 Å². The molecule has 0 bridgehead atoms. The normalized spacial score (nSPS) is 10.9. The molecule has 0 saturated carbocycles. The van der Waals surface area contributed by atoms with E-state index in [2.05, 4.69) is 16.4 Å². The standard InChI is InChI=1S/C20H22N2O3/c1-4-25-18-8-6-15(10-14(18)11-23)21-20(24)19-13(3)16-9-12(2)5-7-17(16)22-19/h5-10,22-23H,4,11H2,1-3H3,(H,21,24). The SMILES string of the molecule is CCOc1ccc(NC(=O)c2[nH]c3ccc(C)cc3c2C)cc1CO. The van der Waals surface area contributed by atoms with E-state index in [1.54, 1.807) is 18.2 Å². The number of aliphatic hydroxyl groups excluding tert-OH is 1. The van der Waals surface area contributed by atoms with E-state index in [-0.39, 0.29) is 12.5 Å². The van der Waals surface area contributed by atoms with Crippen molar-refractivity contribution in [1.29, 1.82) is 0 Å². The second kappa shape index (κ2) is 6.99. The van der Waals surface area contributed by atoms with Crippen molar-refractivity contribution < 1.29 is 14.6 Å². The van der Waals surface area contributed by atoms with Gasteiger partial charge in [-0.1, -0.05) is 11.6 Å². The first-order valence-corrected chi connectivity index (χ1v) is 8.30. The topological polar surface area (TPSA) is 74.3 Å². The quantitative estimate of drug-likeness (QED) is 0.660. The van der Waals surface area contributed by atoms with E-state index in [4.69, 9.17) is 4.74 Å². The molecule has 0 fully saturated rings. The fraction of sp³-hybridized carbons (Fsp3) is 0.250. The highest BCUT2D eigenvalue weighted by Crippen LogP contribution is 2.26.